The number of aryl methyl sites for hydroxylation is 1. The Balaban J connectivity index is 1.72. The number of hydrogen-bond acceptors (Lipinski definition) is 8. The highest BCUT2D eigenvalue weighted by Crippen LogP contribution is 2.26. The first-order chi connectivity index (χ1) is 11.7. The van der Waals surface area contributed by atoms with Gasteiger partial charge in [0.05, 0.1) is 30.9 Å². The van der Waals surface area contributed by atoms with Crippen molar-refractivity contribution in [1.29, 1.82) is 0 Å². The first-order valence-corrected chi connectivity index (χ1v) is 7.73. The van der Waals surface area contributed by atoms with E-state index >= 15 is 0 Å². The van der Waals surface area contributed by atoms with Gasteiger partial charge in [-0.25, -0.2) is 4.98 Å². The first kappa shape index (κ1) is 14.8. The summed E-state index contributed by atoms with van der Waals surface area (Å²) < 4.78 is 1.86. The van der Waals surface area contributed by atoms with E-state index in [0.29, 0.717) is 23.7 Å². The Morgan fingerprint density at radius 1 is 1.33 bits per heavy atom. The lowest BCUT2D eigenvalue weighted by Crippen LogP contribution is -2.24. The monoisotopic (exact) mass is 330 g/mol. The van der Waals surface area contributed by atoms with Gasteiger partial charge < -0.3 is 25.8 Å². The molecule has 1 atom stereocenters. The zero-order valence-electron chi connectivity index (χ0n) is 12.9. The Kier molecular flexibility index (Phi) is 3.54. The average molecular weight is 330 g/mol. The van der Waals surface area contributed by atoms with Crippen LogP contribution in [0.4, 0.5) is 11.8 Å². The summed E-state index contributed by atoms with van der Waals surface area (Å²) in [6.07, 6.45) is 1.47. The van der Waals surface area contributed by atoms with Crippen LogP contribution in [0.5, 0.6) is 0 Å². The maximum absolute atomic E-state index is 9.79. The zero-order chi connectivity index (χ0) is 16.7. The van der Waals surface area contributed by atoms with Crippen LogP contribution in [-0.4, -0.2) is 53.1 Å². The van der Waals surface area contributed by atoms with E-state index in [0.717, 1.165) is 30.7 Å². The Hall–Kier alpha value is -2.72. The Morgan fingerprint density at radius 2 is 2.21 bits per heavy atom. The average Bonchev–Trinajstić information content (AvgIpc) is 3.15. The molecule has 1 unspecified atom stereocenters. The predicted octanol–water partition coefficient (Wildman–Crippen LogP) is -0.432. The minimum atomic E-state index is -0.966. The number of aromatic nitrogens is 6. The number of imidazole rings is 1. The van der Waals surface area contributed by atoms with Gasteiger partial charge in [0.15, 0.2) is 11.5 Å². The number of aromatic amines is 1. The van der Waals surface area contributed by atoms with Crippen molar-refractivity contribution in [2.24, 2.45) is 0 Å². The van der Waals surface area contributed by atoms with Gasteiger partial charge in [-0.1, -0.05) is 0 Å². The topological polar surface area (TPSA) is 142 Å². The number of nitrogens with one attached hydrogen (secondary N) is 1. The van der Waals surface area contributed by atoms with Gasteiger partial charge in [-0.05, 0) is 12.5 Å². The maximum atomic E-state index is 9.79. The van der Waals surface area contributed by atoms with Crippen LogP contribution in [0, 0.1) is 0 Å². The van der Waals surface area contributed by atoms with Crippen LogP contribution in [-0.2, 0) is 13.1 Å². The van der Waals surface area contributed by atoms with E-state index in [1.165, 1.54) is 0 Å². The van der Waals surface area contributed by atoms with Crippen molar-refractivity contribution in [3.8, 4) is 0 Å². The fourth-order valence-corrected chi connectivity index (χ4v) is 2.98. The first-order valence-electron chi connectivity index (χ1n) is 7.73. The summed E-state index contributed by atoms with van der Waals surface area (Å²) in [6.45, 7) is 1.73. The van der Waals surface area contributed by atoms with Crippen LogP contribution in [0.2, 0.25) is 0 Å². The fraction of sp³-hybridized carbons (Fsp3) is 0.429. The molecule has 1 aliphatic heterocycles. The lowest BCUT2D eigenvalue weighted by Gasteiger charge is -2.21. The van der Waals surface area contributed by atoms with E-state index in [4.69, 9.17) is 10.8 Å². The highest BCUT2D eigenvalue weighted by Gasteiger charge is 2.22. The van der Waals surface area contributed by atoms with Crippen LogP contribution in [0.25, 0.3) is 11.2 Å². The number of H-pyrrole nitrogens is 1. The van der Waals surface area contributed by atoms with E-state index in [-0.39, 0.29) is 12.6 Å². The SMILES string of the molecule is Nc1nc(N2CCCn3nc(C(O)CO)cc3C2)c2[nH]cnc2n1. The van der Waals surface area contributed by atoms with Crippen molar-refractivity contribution in [3.63, 3.8) is 0 Å². The van der Waals surface area contributed by atoms with Gasteiger partial charge in [0.2, 0.25) is 5.95 Å². The Bertz CT molecular complexity index is 873. The van der Waals surface area contributed by atoms with Gasteiger partial charge in [-0.3, -0.25) is 4.68 Å². The zero-order valence-corrected chi connectivity index (χ0v) is 12.9. The molecular formula is C14H18N8O2. The van der Waals surface area contributed by atoms with Gasteiger partial charge >= 0.3 is 0 Å². The molecule has 4 rings (SSSR count). The number of nitrogens with two attached hydrogens (primary N) is 1. The normalized spacial score (nSPS) is 16.2. The summed E-state index contributed by atoms with van der Waals surface area (Å²) in [7, 11) is 0. The number of hydrogen-bond donors (Lipinski definition) is 4. The van der Waals surface area contributed by atoms with Crippen LogP contribution < -0.4 is 10.6 Å². The second kappa shape index (κ2) is 5.73. The predicted molar refractivity (Wildman–Crippen MR) is 86.0 cm³/mol. The molecule has 0 aliphatic carbocycles. The van der Waals surface area contributed by atoms with E-state index in [1.807, 2.05) is 10.7 Å². The molecule has 1 aliphatic rings. The summed E-state index contributed by atoms with van der Waals surface area (Å²) >= 11 is 0. The number of nitrogens with zero attached hydrogens (tertiary/aromatic N) is 6. The molecule has 0 fully saturated rings. The summed E-state index contributed by atoms with van der Waals surface area (Å²) in [5, 5.41) is 23.3. The molecule has 0 bridgehead atoms. The summed E-state index contributed by atoms with van der Waals surface area (Å²) in [5.74, 6) is 0.882. The second-order valence-electron chi connectivity index (χ2n) is 5.76. The Morgan fingerprint density at radius 3 is 3.04 bits per heavy atom. The third kappa shape index (κ3) is 2.45. The number of aliphatic hydroxyl groups excluding tert-OH is 2. The minimum absolute atomic E-state index is 0.179. The highest BCUT2D eigenvalue weighted by atomic mass is 16.3. The van der Waals surface area contributed by atoms with Crippen molar-refractivity contribution in [2.45, 2.75) is 25.6 Å². The van der Waals surface area contributed by atoms with E-state index in [1.54, 1.807) is 6.33 Å². The van der Waals surface area contributed by atoms with Crippen molar-refractivity contribution in [3.05, 3.63) is 23.8 Å². The van der Waals surface area contributed by atoms with Crippen molar-refractivity contribution < 1.29 is 10.2 Å². The number of nitrogen functional groups attached to an aromatic ring is 1. The molecule has 0 saturated carbocycles. The number of aliphatic hydroxyl groups is 2. The fourth-order valence-electron chi connectivity index (χ4n) is 2.98. The third-order valence-corrected chi connectivity index (χ3v) is 4.13. The minimum Gasteiger partial charge on any atom is -0.393 e. The largest absolute Gasteiger partial charge is 0.393 e. The van der Waals surface area contributed by atoms with Gasteiger partial charge in [-0.2, -0.15) is 15.1 Å². The highest BCUT2D eigenvalue weighted by molar-refractivity contribution is 5.84. The maximum Gasteiger partial charge on any atom is 0.224 e. The number of rotatable bonds is 3. The summed E-state index contributed by atoms with van der Waals surface area (Å²) in [4.78, 5) is 17.8. The van der Waals surface area contributed by atoms with Crippen molar-refractivity contribution >= 4 is 22.9 Å². The molecule has 0 aromatic carbocycles. The molecule has 3 aromatic heterocycles. The van der Waals surface area contributed by atoms with Crippen LogP contribution in [0.1, 0.15) is 23.9 Å². The molecule has 0 amide bonds. The molecule has 3 aromatic rings. The van der Waals surface area contributed by atoms with Crippen LogP contribution >= 0.6 is 0 Å². The lowest BCUT2D eigenvalue weighted by molar-refractivity contribution is 0.0916. The van der Waals surface area contributed by atoms with Gasteiger partial charge in [0.25, 0.3) is 0 Å². The van der Waals surface area contributed by atoms with E-state index in [2.05, 4.69) is 29.9 Å². The van der Waals surface area contributed by atoms with Crippen LogP contribution in [0.15, 0.2) is 12.4 Å². The summed E-state index contributed by atoms with van der Waals surface area (Å²) in [6, 6.07) is 1.81. The number of fused-ring (bicyclic) bond motifs is 2. The van der Waals surface area contributed by atoms with Gasteiger partial charge in [0, 0.05) is 13.1 Å². The standard InChI is InChI=1S/C14H18N8O2/c15-14-18-12-11(16-7-17-12)13(19-14)21-2-1-3-22-8(5-21)4-9(20-22)10(24)6-23/h4,7,10,23-24H,1-3,5-6H2,(H3,15,16,17,18,19). The molecule has 5 N–H and O–H groups in total. The molecule has 24 heavy (non-hydrogen) atoms. The molecule has 0 radical (unpaired) electrons. The molecule has 10 nitrogen and oxygen atoms in total. The molecule has 126 valence electrons. The van der Waals surface area contributed by atoms with E-state index < -0.39 is 6.10 Å². The Labute approximate surface area is 137 Å². The van der Waals surface area contributed by atoms with Crippen LogP contribution in [0.3, 0.4) is 0 Å². The summed E-state index contributed by atoms with van der Waals surface area (Å²) in [5.41, 5.74) is 8.50. The van der Waals surface area contributed by atoms with Gasteiger partial charge in [0.1, 0.15) is 11.6 Å². The molecule has 0 spiro atoms. The molecule has 4 heterocycles. The molecule has 0 saturated heterocycles. The second-order valence-corrected chi connectivity index (χ2v) is 5.76. The number of anilines is 2. The quantitative estimate of drug-likeness (QED) is 0.506. The van der Waals surface area contributed by atoms with E-state index in [9.17, 15) is 5.11 Å². The van der Waals surface area contributed by atoms with Crippen molar-refractivity contribution in [1.82, 2.24) is 29.7 Å². The smallest absolute Gasteiger partial charge is 0.224 e. The molecular weight excluding hydrogens is 312 g/mol. The lowest BCUT2D eigenvalue weighted by atomic mass is 10.2. The van der Waals surface area contributed by atoms with Gasteiger partial charge in [-0.15, -0.1) is 0 Å². The van der Waals surface area contributed by atoms with Crippen molar-refractivity contribution in [2.75, 3.05) is 23.8 Å². The third-order valence-electron chi connectivity index (χ3n) is 4.13. The molecule has 10 heteroatoms.